The van der Waals surface area contributed by atoms with Gasteiger partial charge in [-0.2, -0.15) is 0 Å². The zero-order chi connectivity index (χ0) is 20.2. The van der Waals surface area contributed by atoms with E-state index in [1.54, 1.807) is 36.1 Å². The Morgan fingerprint density at radius 3 is 2.22 bits per heavy atom. The number of nitrogens with one attached hydrogen (secondary N) is 1. The van der Waals surface area contributed by atoms with Crippen LogP contribution in [0, 0.1) is 0 Å². The molecule has 0 aromatic heterocycles. The highest BCUT2D eigenvalue weighted by atomic mass is 16.5. The Balaban J connectivity index is 2.58. The van der Waals surface area contributed by atoms with Gasteiger partial charge in [-0.05, 0) is 39.0 Å². The second-order valence-corrected chi connectivity index (χ2v) is 5.30. The Morgan fingerprint density at radius 1 is 1.00 bits per heavy atom. The number of rotatable bonds is 9. The van der Waals surface area contributed by atoms with E-state index in [0.717, 1.165) is 12.2 Å². The van der Waals surface area contributed by atoms with E-state index in [1.165, 1.54) is 0 Å². The lowest BCUT2D eigenvalue weighted by atomic mass is 10.1. The van der Waals surface area contributed by atoms with Crippen molar-refractivity contribution in [3.8, 4) is 0 Å². The van der Waals surface area contributed by atoms with E-state index in [1.807, 2.05) is 13.8 Å². The summed E-state index contributed by atoms with van der Waals surface area (Å²) in [5, 5.41) is 2.55. The molecule has 0 radical (unpaired) electrons. The Labute approximate surface area is 158 Å². The van der Waals surface area contributed by atoms with E-state index >= 15 is 0 Å². The van der Waals surface area contributed by atoms with Gasteiger partial charge in [-0.25, -0.2) is 9.59 Å². The van der Waals surface area contributed by atoms with Crippen LogP contribution in [0.5, 0.6) is 0 Å². The van der Waals surface area contributed by atoms with Gasteiger partial charge in [0.1, 0.15) is 0 Å². The molecule has 146 valence electrons. The number of anilines is 1. The van der Waals surface area contributed by atoms with E-state index in [0.29, 0.717) is 24.3 Å². The summed E-state index contributed by atoms with van der Waals surface area (Å²) in [4.78, 5) is 48.4. The summed E-state index contributed by atoms with van der Waals surface area (Å²) in [6.07, 6.45) is 1.81. The molecule has 1 rings (SSSR count). The topological polar surface area (TPSA) is 102 Å². The summed E-state index contributed by atoms with van der Waals surface area (Å²) in [6.45, 7) is 6.24. The SMILES string of the molecule is CCOC(=O)/C=C/C(=O)OCC(=O)Nc1cccc(C(=O)N(CC)CC)c1. The molecular weight excluding hydrogens is 352 g/mol. The molecule has 1 aromatic rings. The molecule has 0 saturated carbocycles. The molecule has 2 amide bonds. The molecule has 0 bridgehead atoms. The molecule has 0 fully saturated rings. The third-order valence-electron chi connectivity index (χ3n) is 3.43. The van der Waals surface area contributed by atoms with Crippen molar-refractivity contribution in [3.63, 3.8) is 0 Å². The first-order valence-corrected chi connectivity index (χ1v) is 8.62. The van der Waals surface area contributed by atoms with Crippen LogP contribution in [0.15, 0.2) is 36.4 Å². The fourth-order valence-corrected chi connectivity index (χ4v) is 2.13. The largest absolute Gasteiger partial charge is 0.463 e. The predicted molar refractivity (Wildman–Crippen MR) is 99.1 cm³/mol. The smallest absolute Gasteiger partial charge is 0.331 e. The lowest BCUT2D eigenvalue weighted by Crippen LogP contribution is -2.30. The Bertz CT molecular complexity index is 710. The summed E-state index contributed by atoms with van der Waals surface area (Å²) in [5.74, 6) is -2.22. The minimum Gasteiger partial charge on any atom is -0.463 e. The Morgan fingerprint density at radius 2 is 1.63 bits per heavy atom. The molecule has 0 heterocycles. The van der Waals surface area contributed by atoms with Crippen molar-refractivity contribution in [1.29, 1.82) is 0 Å². The third kappa shape index (κ3) is 7.72. The number of esters is 2. The molecule has 1 N–H and O–H groups in total. The van der Waals surface area contributed by atoms with Crippen LogP contribution in [0.2, 0.25) is 0 Å². The number of nitrogens with zero attached hydrogens (tertiary/aromatic N) is 1. The van der Waals surface area contributed by atoms with Crippen LogP contribution in [-0.4, -0.2) is 55.0 Å². The number of hydrogen-bond donors (Lipinski definition) is 1. The van der Waals surface area contributed by atoms with Gasteiger partial charge in [0.2, 0.25) is 0 Å². The van der Waals surface area contributed by atoms with Crippen LogP contribution >= 0.6 is 0 Å². The van der Waals surface area contributed by atoms with Gasteiger partial charge in [0, 0.05) is 36.5 Å². The van der Waals surface area contributed by atoms with Crippen molar-refractivity contribution in [3.05, 3.63) is 42.0 Å². The van der Waals surface area contributed by atoms with Crippen molar-refractivity contribution < 1.29 is 28.7 Å². The number of benzene rings is 1. The Hall–Kier alpha value is -3.16. The van der Waals surface area contributed by atoms with Gasteiger partial charge in [-0.1, -0.05) is 6.07 Å². The van der Waals surface area contributed by atoms with E-state index in [4.69, 9.17) is 4.74 Å². The standard InChI is InChI=1S/C19H24N2O6/c1-4-21(5-2)19(25)14-8-7-9-15(12-14)20-16(22)13-27-18(24)11-10-17(23)26-6-3/h7-12H,4-6,13H2,1-3H3,(H,20,22)/b11-10+. The van der Waals surface area contributed by atoms with E-state index in [-0.39, 0.29) is 12.5 Å². The van der Waals surface area contributed by atoms with Gasteiger partial charge in [0.25, 0.3) is 11.8 Å². The minimum atomic E-state index is -0.844. The van der Waals surface area contributed by atoms with Crippen LogP contribution in [0.3, 0.4) is 0 Å². The van der Waals surface area contributed by atoms with Crippen molar-refractivity contribution >= 4 is 29.4 Å². The average Bonchev–Trinajstić information content (AvgIpc) is 2.66. The number of carbonyl (C=O) groups excluding carboxylic acids is 4. The zero-order valence-electron chi connectivity index (χ0n) is 15.7. The predicted octanol–water partition coefficient (Wildman–Crippen LogP) is 1.77. The van der Waals surface area contributed by atoms with E-state index in [2.05, 4.69) is 10.1 Å². The van der Waals surface area contributed by atoms with E-state index in [9.17, 15) is 19.2 Å². The monoisotopic (exact) mass is 376 g/mol. The second-order valence-electron chi connectivity index (χ2n) is 5.30. The van der Waals surface area contributed by atoms with Crippen molar-refractivity contribution in [1.82, 2.24) is 4.90 Å². The molecule has 0 aliphatic rings. The molecular formula is C19H24N2O6. The zero-order valence-corrected chi connectivity index (χ0v) is 15.7. The first-order chi connectivity index (χ1) is 12.9. The molecule has 0 aliphatic heterocycles. The highest BCUT2D eigenvalue weighted by Crippen LogP contribution is 2.13. The molecule has 27 heavy (non-hydrogen) atoms. The summed E-state index contributed by atoms with van der Waals surface area (Å²) < 4.78 is 9.35. The summed E-state index contributed by atoms with van der Waals surface area (Å²) in [5.41, 5.74) is 0.863. The minimum absolute atomic E-state index is 0.133. The summed E-state index contributed by atoms with van der Waals surface area (Å²) in [7, 11) is 0. The highest BCUT2D eigenvalue weighted by Gasteiger charge is 2.13. The van der Waals surface area contributed by atoms with Crippen LogP contribution in [0.1, 0.15) is 31.1 Å². The molecule has 0 unspecified atom stereocenters. The highest BCUT2D eigenvalue weighted by molar-refractivity contribution is 5.98. The maximum atomic E-state index is 12.3. The molecule has 0 spiro atoms. The van der Waals surface area contributed by atoms with Gasteiger partial charge in [0.05, 0.1) is 6.61 Å². The molecule has 0 aliphatic carbocycles. The average molecular weight is 376 g/mol. The first-order valence-electron chi connectivity index (χ1n) is 8.62. The summed E-state index contributed by atoms with van der Waals surface area (Å²) in [6, 6.07) is 6.50. The van der Waals surface area contributed by atoms with Gasteiger partial charge < -0.3 is 19.7 Å². The summed E-state index contributed by atoms with van der Waals surface area (Å²) >= 11 is 0. The van der Waals surface area contributed by atoms with Gasteiger partial charge >= 0.3 is 11.9 Å². The fraction of sp³-hybridized carbons (Fsp3) is 0.368. The number of carbonyl (C=O) groups is 4. The lowest BCUT2D eigenvalue weighted by molar-refractivity contribution is -0.143. The van der Waals surface area contributed by atoms with Crippen molar-refractivity contribution in [2.45, 2.75) is 20.8 Å². The van der Waals surface area contributed by atoms with Crippen LogP contribution in [0.25, 0.3) is 0 Å². The maximum absolute atomic E-state index is 12.3. The fourth-order valence-electron chi connectivity index (χ4n) is 2.13. The van der Waals surface area contributed by atoms with Gasteiger partial charge in [0.15, 0.2) is 6.61 Å². The molecule has 0 atom stereocenters. The maximum Gasteiger partial charge on any atom is 0.331 e. The molecule has 1 aromatic carbocycles. The number of ether oxygens (including phenoxy) is 2. The van der Waals surface area contributed by atoms with Crippen molar-refractivity contribution in [2.75, 3.05) is 31.6 Å². The first kappa shape index (κ1) is 21.9. The number of amides is 2. The van der Waals surface area contributed by atoms with Crippen LogP contribution < -0.4 is 5.32 Å². The molecule has 8 nitrogen and oxygen atoms in total. The van der Waals surface area contributed by atoms with Gasteiger partial charge in [-0.3, -0.25) is 9.59 Å². The third-order valence-corrected chi connectivity index (χ3v) is 3.43. The van der Waals surface area contributed by atoms with E-state index < -0.39 is 24.5 Å². The Kier molecular flexibility index (Phi) is 9.28. The van der Waals surface area contributed by atoms with Gasteiger partial charge in [-0.15, -0.1) is 0 Å². The van der Waals surface area contributed by atoms with Crippen LogP contribution in [0.4, 0.5) is 5.69 Å². The number of hydrogen-bond acceptors (Lipinski definition) is 6. The second kappa shape index (κ2) is 11.5. The molecule has 0 saturated heterocycles. The normalized spacial score (nSPS) is 10.3. The van der Waals surface area contributed by atoms with Crippen LogP contribution in [-0.2, 0) is 23.9 Å². The lowest BCUT2D eigenvalue weighted by Gasteiger charge is -2.19. The quantitative estimate of drug-likeness (QED) is 0.521. The van der Waals surface area contributed by atoms with Crippen molar-refractivity contribution in [2.24, 2.45) is 0 Å². The molecule has 8 heteroatoms.